The van der Waals surface area contributed by atoms with Gasteiger partial charge in [-0.1, -0.05) is 60.7 Å². The summed E-state index contributed by atoms with van der Waals surface area (Å²) in [5.74, 6) is 0.0342. The lowest BCUT2D eigenvalue weighted by Gasteiger charge is -2.23. The highest BCUT2D eigenvalue weighted by atomic mass is 17.2. The van der Waals surface area contributed by atoms with Crippen molar-refractivity contribution in [3.8, 4) is 0 Å². The Morgan fingerprint density at radius 2 is 1.50 bits per heavy atom. The minimum atomic E-state index is -0.428. The molecule has 0 saturated heterocycles. The van der Waals surface area contributed by atoms with Crippen molar-refractivity contribution in [2.75, 3.05) is 0 Å². The van der Waals surface area contributed by atoms with Gasteiger partial charge in [0.2, 0.25) is 0 Å². The van der Waals surface area contributed by atoms with Crippen molar-refractivity contribution in [1.29, 1.82) is 0 Å². The topological polar surface area (TPSA) is 35.5 Å². The van der Waals surface area contributed by atoms with Crippen molar-refractivity contribution in [2.24, 2.45) is 0 Å². The van der Waals surface area contributed by atoms with Gasteiger partial charge in [0.05, 0.1) is 5.60 Å². The highest BCUT2D eigenvalue weighted by Gasteiger charge is 2.22. The molecule has 0 aliphatic rings. The molecule has 0 aliphatic heterocycles. The second kappa shape index (κ2) is 7.34. The summed E-state index contributed by atoms with van der Waals surface area (Å²) in [6, 6.07) is 18.9. The van der Waals surface area contributed by atoms with Gasteiger partial charge in [0.25, 0.3) is 0 Å². The summed E-state index contributed by atoms with van der Waals surface area (Å²) in [7, 11) is 0. The molecule has 0 heterocycles. The number of Topliss-reactive ketones (excluding diaryl/α,β-unsaturated/α-hetero) is 1. The number of benzene rings is 2. The molecule has 22 heavy (non-hydrogen) atoms. The van der Waals surface area contributed by atoms with E-state index in [1.54, 1.807) is 0 Å². The molecule has 0 radical (unpaired) electrons. The maximum absolute atomic E-state index is 12.4. The quantitative estimate of drug-likeness (QED) is 0.438. The van der Waals surface area contributed by atoms with Gasteiger partial charge in [0.15, 0.2) is 5.78 Å². The Hall–Kier alpha value is -1.97. The average molecular weight is 298 g/mol. The van der Waals surface area contributed by atoms with E-state index in [2.05, 4.69) is 0 Å². The fraction of sp³-hybridized carbons (Fsp3) is 0.316. The van der Waals surface area contributed by atoms with Crippen LogP contribution < -0.4 is 0 Å². The van der Waals surface area contributed by atoms with E-state index in [0.717, 1.165) is 5.56 Å². The molecule has 0 amide bonds. The molecule has 2 aromatic carbocycles. The molecule has 3 heteroatoms. The van der Waals surface area contributed by atoms with Gasteiger partial charge in [-0.2, -0.15) is 0 Å². The van der Waals surface area contributed by atoms with Crippen LogP contribution in [-0.2, 0) is 9.78 Å². The zero-order valence-corrected chi connectivity index (χ0v) is 13.3. The maximum Gasteiger partial charge on any atom is 0.165 e. The third-order valence-corrected chi connectivity index (χ3v) is 3.05. The van der Waals surface area contributed by atoms with Gasteiger partial charge in [-0.05, 0) is 26.3 Å². The van der Waals surface area contributed by atoms with Gasteiger partial charge in [-0.25, -0.2) is 9.78 Å². The molecular formula is C19H22O3. The number of rotatable bonds is 6. The first-order chi connectivity index (χ1) is 10.5. The van der Waals surface area contributed by atoms with Gasteiger partial charge >= 0.3 is 0 Å². The minimum absolute atomic E-state index is 0.0342. The normalized spacial score (nSPS) is 12.9. The number of hydrogen-bond donors (Lipinski definition) is 0. The third-order valence-electron chi connectivity index (χ3n) is 3.05. The lowest BCUT2D eigenvalue weighted by Crippen LogP contribution is -2.22. The van der Waals surface area contributed by atoms with Crippen LogP contribution in [0.15, 0.2) is 60.7 Å². The third kappa shape index (κ3) is 5.10. The minimum Gasteiger partial charge on any atom is -0.294 e. The average Bonchev–Trinajstić information content (AvgIpc) is 2.52. The van der Waals surface area contributed by atoms with Gasteiger partial charge in [-0.15, -0.1) is 0 Å². The lowest BCUT2D eigenvalue weighted by atomic mass is 10.0. The molecule has 1 unspecified atom stereocenters. The van der Waals surface area contributed by atoms with Gasteiger partial charge < -0.3 is 0 Å². The molecule has 0 N–H and O–H groups in total. The second-order valence-corrected chi connectivity index (χ2v) is 6.18. The number of carbonyl (C=O) groups excluding carboxylic acids is 1. The summed E-state index contributed by atoms with van der Waals surface area (Å²) in [4.78, 5) is 23.4. The first kappa shape index (κ1) is 16.4. The second-order valence-electron chi connectivity index (χ2n) is 6.18. The molecule has 116 valence electrons. The fourth-order valence-corrected chi connectivity index (χ4v) is 1.99. The van der Waals surface area contributed by atoms with Gasteiger partial charge in [0.1, 0.15) is 6.10 Å². The summed E-state index contributed by atoms with van der Waals surface area (Å²) in [5.41, 5.74) is 1.18. The Balaban J connectivity index is 2.12. The molecule has 0 aliphatic carbocycles. The summed E-state index contributed by atoms with van der Waals surface area (Å²) >= 11 is 0. The van der Waals surface area contributed by atoms with Crippen molar-refractivity contribution in [2.45, 2.75) is 38.9 Å². The molecule has 2 rings (SSSR count). The first-order valence-corrected chi connectivity index (χ1v) is 7.43. The van der Waals surface area contributed by atoms with Crippen LogP contribution in [0.2, 0.25) is 0 Å². The Bertz CT molecular complexity index is 585. The van der Waals surface area contributed by atoms with E-state index in [1.165, 1.54) is 0 Å². The molecule has 2 aromatic rings. The molecule has 0 fully saturated rings. The van der Waals surface area contributed by atoms with Crippen molar-refractivity contribution in [1.82, 2.24) is 0 Å². The first-order valence-electron chi connectivity index (χ1n) is 7.43. The molecule has 3 nitrogen and oxygen atoms in total. The van der Waals surface area contributed by atoms with Crippen LogP contribution in [0, 0.1) is 0 Å². The van der Waals surface area contributed by atoms with Crippen molar-refractivity contribution < 1.29 is 14.6 Å². The van der Waals surface area contributed by atoms with Crippen molar-refractivity contribution >= 4 is 5.78 Å². The Morgan fingerprint density at radius 3 is 2.05 bits per heavy atom. The molecule has 0 saturated carbocycles. The highest BCUT2D eigenvalue weighted by molar-refractivity contribution is 5.96. The summed E-state index contributed by atoms with van der Waals surface area (Å²) in [6.07, 6.45) is -0.183. The zero-order chi connectivity index (χ0) is 16.0. The fourth-order valence-electron chi connectivity index (χ4n) is 1.99. The van der Waals surface area contributed by atoms with Crippen LogP contribution in [0.4, 0.5) is 0 Å². The van der Waals surface area contributed by atoms with Crippen LogP contribution in [0.1, 0.15) is 49.2 Å². The zero-order valence-electron chi connectivity index (χ0n) is 13.3. The lowest BCUT2D eigenvalue weighted by molar-refractivity contribution is -0.375. The summed E-state index contributed by atoms with van der Waals surface area (Å²) in [5, 5.41) is 0. The molecule has 1 atom stereocenters. The maximum atomic E-state index is 12.4. The SMILES string of the molecule is CC(C)(C)OOC(CC(=O)c1ccccc1)c1ccccc1. The molecular weight excluding hydrogens is 276 g/mol. The van der Waals surface area contributed by atoms with E-state index in [4.69, 9.17) is 9.78 Å². The Morgan fingerprint density at radius 1 is 0.955 bits per heavy atom. The van der Waals surface area contributed by atoms with Crippen LogP contribution >= 0.6 is 0 Å². The predicted octanol–water partition coefficient (Wildman–Crippen LogP) is 4.75. The van der Waals surface area contributed by atoms with Crippen LogP contribution in [0.5, 0.6) is 0 Å². The smallest absolute Gasteiger partial charge is 0.165 e. The Labute approximate surface area is 131 Å². The summed E-state index contributed by atoms with van der Waals surface area (Å²) < 4.78 is 0. The predicted molar refractivity (Wildman–Crippen MR) is 86.5 cm³/mol. The van der Waals surface area contributed by atoms with E-state index >= 15 is 0 Å². The highest BCUT2D eigenvalue weighted by Crippen LogP contribution is 2.25. The number of carbonyl (C=O) groups is 1. The van der Waals surface area contributed by atoms with Crippen LogP contribution in [0.3, 0.4) is 0 Å². The van der Waals surface area contributed by atoms with Gasteiger partial charge in [0, 0.05) is 12.0 Å². The standard InChI is InChI=1S/C19H22O3/c1-19(2,3)22-21-18(16-12-8-5-9-13-16)14-17(20)15-10-6-4-7-11-15/h4-13,18H,14H2,1-3H3. The van der Waals surface area contributed by atoms with Crippen molar-refractivity contribution in [3.05, 3.63) is 71.8 Å². The molecule has 0 bridgehead atoms. The number of hydrogen-bond acceptors (Lipinski definition) is 3. The van der Waals surface area contributed by atoms with E-state index in [0.29, 0.717) is 5.56 Å². The van der Waals surface area contributed by atoms with Crippen LogP contribution in [-0.4, -0.2) is 11.4 Å². The van der Waals surface area contributed by atoms with E-state index in [1.807, 2.05) is 81.4 Å². The summed E-state index contributed by atoms with van der Waals surface area (Å²) in [6.45, 7) is 5.73. The van der Waals surface area contributed by atoms with Crippen LogP contribution in [0.25, 0.3) is 0 Å². The van der Waals surface area contributed by atoms with E-state index in [9.17, 15) is 4.79 Å². The largest absolute Gasteiger partial charge is 0.294 e. The number of ketones is 1. The van der Waals surface area contributed by atoms with Gasteiger partial charge in [-0.3, -0.25) is 4.79 Å². The monoisotopic (exact) mass is 298 g/mol. The molecule has 0 aromatic heterocycles. The van der Waals surface area contributed by atoms with E-state index < -0.39 is 11.7 Å². The van der Waals surface area contributed by atoms with Crippen molar-refractivity contribution in [3.63, 3.8) is 0 Å². The molecule has 0 spiro atoms. The Kier molecular flexibility index (Phi) is 5.47. The van der Waals surface area contributed by atoms with E-state index in [-0.39, 0.29) is 12.2 Å².